The number of aromatic nitrogens is 2. The van der Waals surface area contributed by atoms with Gasteiger partial charge in [0, 0.05) is 13.3 Å². The molecule has 0 fully saturated rings. The van der Waals surface area contributed by atoms with Gasteiger partial charge in [0.2, 0.25) is 0 Å². The van der Waals surface area contributed by atoms with Crippen LogP contribution in [0.4, 0.5) is 0 Å². The Morgan fingerprint density at radius 1 is 1.75 bits per heavy atom. The Balaban J connectivity index is 2.94. The van der Waals surface area contributed by atoms with Crippen LogP contribution < -0.4 is 0 Å². The first-order valence-corrected chi connectivity index (χ1v) is 2.40. The molecule has 0 saturated heterocycles. The molecule has 0 aromatic carbocycles. The fourth-order valence-corrected chi connectivity index (χ4v) is 0.505. The highest BCUT2D eigenvalue weighted by atomic mass is 14.9. The molecule has 1 heterocycles. The van der Waals surface area contributed by atoms with Crippen molar-refractivity contribution < 1.29 is 1.37 Å². The molecular formula is C6H8N2. The maximum absolute atomic E-state index is 6.95. The van der Waals surface area contributed by atoms with E-state index in [0.29, 0.717) is 0 Å². The van der Waals surface area contributed by atoms with Gasteiger partial charge in [-0.3, -0.25) is 0 Å². The van der Waals surface area contributed by atoms with Crippen LogP contribution in [0.25, 0.3) is 0 Å². The summed E-state index contributed by atoms with van der Waals surface area (Å²) >= 11 is 0. The van der Waals surface area contributed by atoms with Crippen molar-refractivity contribution in [2.75, 3.05) is 0 Å². The molecule has 0 aliphatic rings. The Bertz CT molecular complexity index is 200. The average molecular weight is 109 g/mol. The van der Waals surface area contributed by atoms with Crippen molar-refractivity contribution >= 4 is 0 Å². The number of hydrogen-bond donors (Lipinski definition) is 0. The Hall–Kier alpha value is -0.920. The molecule has 0 spiro atoms. The van der Waals surface area contributed by atoms with E-state index in [9.17, 15) is 0 Å². The van der Waals surface area contributed by atoms with Crippen molar-refractivity contribution in [1.82, 2.24) is 9.97 Å². The molecule has 0 unspecified atom stereocenters. The van der Waals surface area contributed by atoms with Gasteiger partial charge >= 0.3 is 0 Å². The predicted molar refractivity (Wildman–Crippen MR) is 31.5 cm³/mol. The van der Waals surface area contributed by atoms with Crippen LogP contribution >= 0.6 is 0 Å². The summed E-state index contributed by atoms with van der Waals surface area (Å²) in [4.78, 5) is 7.89. The van der Waals surface area contributed by atoms with Crippen molar-refractivity contribution in [2.45, 2.75) is 13.8 Å². The summed E-state index contributed by atoms with van der Waals surface area (Å²) in [6.45, 7) is 2.06. The molecule has 0 amide bonds. The van der Waals surface area contributed by atoms with Crippen molar-refractivity contribution in [1.29, 1.82) is 0 Å². The Morgan fingerprint density at radius 2 is 2.62 bits per heavy atom. The second kappa shape index (κ2) is 1.90. The minimum absolute atomic E-state index is 0.239. The van der Waals surface area contributed by atoms with Gasteiger partial charge < -0.3 is 0 Å². The topological polar surface area (TPSA) is 25.8 Å². The average Bonchev–Trinajstić information content (AvgIpc) is 1.88. The summed E-state index contributed by atoms with van der Waals surface area (Å²) in [5.74, 6) is 0.736. The van der Waals surface area contributed by atoms with Crippen molar-refractivity contribution in [2.24, 2.45) is 0 Å². The van der Waals surface area contributed by atoms with Crippen LogP contribution in [-0.2, 0) is 0 Å². The minimum atomic E-state index is 0.239. The van der Waals surface area contributed by atoms with Crippen LogP contribution in [0.1, 0.15) is 12.9 Å². The van der Waals surface area contributed by atoms with E-state index in [4.69, 9.17) is 1.37 Å². The number of nitrogens with zero attached hydrogens (tertiary/aromatic N) is 2. The van der Waals surface area contributed by atoms with Gasteiger partial charge in [-0.1, -0.05) is 0 Å². The lowest BCUT2D eigenvalue weighted by molar-refractivity contribution is 1.01. The summed E-state index contributed by atoms with van der Waals surface area (Å²) in [5.41, 5.74) is 0.780. The largest absolute Gasteiger partial charge is 0.242 e. The Kier molecular flexibility index (Phi) is 0.954. The molecule has 42 valence electrons. The number of aryl methyl sites for hydroxylation is 2. The van der Waals surface area contributed by atoms with E-state index in [1.807, 2.05) is 6.92 Å². The van der Waals surface area contributed by atoms with Crippen LogP contribution in [0.5, 0.6) is 0 Å². The molecule has 0 radical (unpaired) electrons. The monoisotopic (exact) mass is 109 g/mol. The fraction of sp³-hybridized carbons (Fsp3) is 0.333. The van der Waals surface area contributed by atoms with Gasteiger partial charge in [0.15, 0.2) is 0 Å². The van der Waals surface area contributed by atoms with Gasteiger partial charge in [-0.2, -0.15) is 0 Å². The van der Waals surface area contributed by atoms with E-state index in [0.717, 1.165) is 11.5 Å². The lowest BCUT2D eigenvalue weighted by Crippen LogP contribution is -1.86. The maximum atomic E-state index is 6.95. The molecule has 2 heteroatoms. The fourth-order valence-electron chi connectivity index (χ4n) is 0.505. The van der Waals surface area contributed by atoms with Gasteiger partial charge in [-0.05, 0) is 19.9 Å². The third kappa shape index (κ3) is 1.03. The van der Waals surface area contributed by atoms with Crippen LogP contribution in [0.15, 0.2) is 12.3 Å². The second-order valence-corrected chi connectivity index (χ2v) is 1.60. The SMILES string of the molecule is [2H]Cc1ccnc(C)n1. The molecule has 0 N–H and O–H groups in total. The summed E-state index contributed by atoms with van der Waals surface area (Å²) in [6, 6.07) is 1.75. The van der Waals surface area contributed by atoms with Gasteiger partial charge in [-0.25, -0.2) is 9.97 Å². The molecule has 0 aliphatic carbocycles. The van der Waals surface area contributed by atoms with E-state index in [2.05, 4.69) is 9.97 Å². The molecule has 0 aliphatic heterocycles. The highest BCUT2D eigenvalue weighted by Crippen LogP contribution is 1.88. The van der Waals surface area contributed by atoms with Crippen molar-refractivity contribution in [3.63, 3.8) is 0 Å². The van der Waals surface area contributed by atoms with E-state index in [1.54, 1.807) is 12.3 Å². The molecule has 0 saturated carbocycles. The highest BCUT2D eigenvalue weighted by Gasteiger charge is 1.83. The van der Waals surface area contributed by atoms with E-state index < -0.39 is 0 Å². The number of hydrogen-bond acceptors (Lipinski definition) is 2. The maximum Gasteiger partial charge on any atom is 0.125 e. The van der Waals surface area contributed by atoms with Crippen molar-refractivity contribution in [3.05, 3.63) is 23.8 Å². The highest BCUT2D eigenvalue weighted by molar-refractivity contribution is 4.97. The second-order valence-electron chi connectivity index (χ2n) is 1.60. The van der Waals surface area contributed by atoms with Crippen LogP contribution in [0.2, 0.25) is 0 Å². The zero-order valence-electron chi connectivity index (χ0n) is 5.76. The Morgan fingerprint density at radius 3 is 3.12 bits per heavy atom. The summed E-state index contributed by atoms with van der Waals surface area (Å²) in [7, 11) is 0. The molecule has 8 heavy (non-hydrogen) atoms. The molecule has 1 aromatic rings. The normalized spacial score (nSPS) is 10.9. The smallest absolute Gasteiger partial charge is 0.125 e. The third-order valence-corrected chi connectivity index (χ3v) is 0.834. The summed E-state index contributed by atoms with van der Waals surface area (Å²) in [5, 5.41) is 0. The van der Waals surface area contributed by atoms with Crippen LogP contribution in [0, 0.1) is 13.8 Å². The summed E-state index contributed by atoms with van der Waals surface area (Å²) in [6.07, 6.45) is 1.67. The van der Waals surface area contributed by atoms with Crippen molar-refractivity contribution in [3.8, 4) is 0 Å². The molecule has 0 atom stereocenters. The van der Waals surface area contributed by atoms with Crippen LogP contribution in [-0.4, -0.2) is 9.97 Å². The molecule has 2 nitrogen and oxygen atoms in total. The molecule has 1 aromatic heterocycles. The molecule has 0 bridgehead atoms. The zero-order valence-corrected chi connectivity index (χ0v) is 4.76. The van der Waals surface area contributed by atoms with E-state index in [-0.39, 0.29) is 6.90 Å². The van der Waals surface area contributed by atoms with E-state index >= 15 is 0 Å². The lowest BCUT2D eigenvalue weighted by Gasteiger charge is -1.89. The quantitative estimate of drug-likeness (QED) is 0.498. The van der Waals surface area contributed by atoms with Crippen LogP contribution in [0.3, 0.4) is 0 Å². The first-order valence-electron chi connectivity index (χ1n) is 3.11. The lowest BCUT2D eigenvalue weighted by atomic mass is 10.4. The van der Waals surface area contributed by atoms with Gasteiger partial charge in [0.05, 0.1) is 0 Å². The van der Waals surface area contributed by atoms with Gasteiger partial charge in [0.25, 0.3) is 0 Å². The zero-order chi connectivity index (χ0) is 6.69. The predicted octanol–water partition coefficient (Wildman–Crippen LogP) is 1.09. The minimum Gasteiger partial charge on any atom is -0.242 e. The standard InChI is InChI=1S/C6H8N2/c1-5-3-4-7-6(2)8-5/h3-4H,1-2H3/i1D. The number of rotatable bonds is 0. The Labute approximate surface area is 50.0 Å². The molecular weight excluding hydrogens is 100 g/mol. The first-order chi connectivity index (χ1) is 4.33. The third-order valence-electron chi connectivity index (χ3n) is 0.834. The first kappa shape index (κ1) is 4.01. The molecule has 1 rings (SSSR count). The summed E-state index contributed by atoms with van der Waals surface area (Å²) < 4.78 is 6.95. The van der Waals surface area contributed by atoms with E-state index in [1.165, 1.54) is 0 Å². The van der Waals surface area contributed by atoms with Gasteiger partial charge in [0.1, 0.15) is 5.82 Å². The van der Waals surface area contributed by atoms with Gasteiger partial charge in [-0.15, -0.1) is 0 Å².